The lowest BCUT2D eigenvalue weighted by Gasteiger charge is -2.37. The largest absolute Gasteiger partial charge is 0.489 e. The Kier molecular flexibility index (Phi) is 8.71. The Morgan fingerprint density at radius 1 is 0.976 bits per heavy atom. The second-order valence-corrected chi connectivity index (χ2v) is 9.34. The first-order valence-electron chi connectivity index (χ1n) is 12.4. The van der Waals surface area contributed by atoms with Crippen molar-refractivity contribution in [2.75, 3.05) is 6.54 Å². The highest BCUT2D eigenvalue weighted by Gasteiger charge is 2.58. The van der Waals surface area contributed by atoms with Gasteiger partial charge in [-0.3, -0.25) is 15.4 Å². The zero-order valence-corrected chi connectivity index (χ0v) is 21.9. The minimum Gasteiger partial charge on any atom is -0.489 e. The van der Waals surface area contributed by atoms with Gasteiger partial charge in [0.05, 0.1) is 12.9 Å². The number of hydrogen-bond acceptors (Lipinski definition) is 5. The monoisotopic (exact) mass is 562 g/mol. The number of hydrogen-bond donors (Lipinski definition) is 3. The summed E-state index contributed by atoms with van der Waals surface area (Å²) in [6.07, 6.45) is 1.57. The fourth-order valence-electron chi connectivity index (χ4n) is 3.98. The molecule has 0 saturated heterocycles. The van der Waals surface area contributed by atoms with Crippen LogP contribution in [0.2, 0.25) is 0 Å². The Hall–Kier alpha value is -4.72. The maximum absolute atomic E-state index is 15.7. The van der Waals surface area contributed by atoms with Gasteiger partial charge in [0.15, 0.2) is 5.60 Å². The predicted octanol–water partition coefficient (Wildman–Crippen LogP) is 5.41. The number of aromatic nitrogens is 1. The summed E-state index contributed by atoms with van der Waals surface area (Å²) in [5.74, 6) is 5.26. The van der Waals surface area contributed by atoms with Crippen molar-refractivity contribution in [2.45, 2.75) is 25.1 Å². The molecule has 0 spiro atoms. The molecule has 0 aliphatic rings. The first kappa shape index (κ1) is 29.3. The van der Waals surface area contributed by atoms with Gasteiger partial charge in [-0.1, -0.05) is 41.7 Å². The van der Waals surface area contributed by atoms with Gasteiger partial charge in [0.1, 0.15) is 29.7 Å². The Balaban J connectivity index is 1.51. The molecule has 0 fully saturated rings. The molecule has 0 bridgehead atoms. The van der Waals surface area contributed by atoms with E-state index < -0.39 is 41.0 Å². The Labute approximate surface area is 234 Å². The van der Waals surface area contributed by atoms with Crippen molar-refractivity contribution in [1.29, 1.82) is 5.41 Å². The van der Waals surface area contributed by atoms with Gasteiger partial charge in [-0.05, 0) is 61.0 Å². The SMILES string of the molecule is Cc1ccc(COc2ccc(C#Cc3ccc(C(F)(F)C(O)(CN(N)C=N)c4ccc(F)cc4F)nc3)cc2)cc1. The highest BCUT2D eigenvalue weighted by molar-refractivity contribution is 5.50. The van der Waals surface area contributed by atoms with E-state index in [1.807, 2.05) is 31.2 Å². The Morgan fingerprint density at radius 3 is 2.24 bits per heavy atom. The maximum Gasteiger partial charge on any atom is 0.323 e. The fourth-order valence-corrected chi connectivity index (χ4v) is 3.98. The van der Waals surface area contributed by atoms with Gasteiger partial charge >= 0.3 is 5.92 Å². The third kappa shape index (κ3) is 6.72. The highest BCUT2D eigenvalue weighted by atomic mass is 19.3. The van der Waals surface area contributed by atoms with Crippen LogP contribution in [0.3, 0.4) is 0 Å². The number of ether oxygens (including phenoxy) is 1. The van der Waals surface area contributed by atoms with E-state index in [9.17, 15) is 13.9 Å². The van der Waals surface area contributed by atoms with Crippen LogP contribution in [0, 0.1) is 35.8 Å². The molecule has 10 heteroatoms. The molecule has 1 aromatic heterocycles. The molecule has 4 N–H and O–H groups in total. The summed E-state index contributed by atoms with van der Waals surface area (Å²) in [5, 5.41) is 18.7. The predicted molar refractivity (Wildman–Crippen MR) is 146 cm³/mol. The van der Waals surface area contributed by atoms with Crippen LogP contribution in [0.15, 0.2) is 85.1 Å². The molecule has 0 radical (unpaired) electrons. The summed E-state index contributed by atoms with van der Waals surface area (Å²) in [6, 6.07) is 19.1. The third-order valence-electron chi connectivity index (χ3n) is 6.29. The van der Waals surface area contributed by atoms with Gasteiger partial charge in [-0.2, -0.15) is 8.78 Å². The van der Waals surface area contributed by atoms with Gasteiger partial charge < -0.3 is 9.84 Å². The molecule has 0 amide bonds. The zero-order chi connectivity index (χ0) is 29.6. The van der Waals surface area contributed by atoms with E-state index in [0.717, 1.165) is 23.9 Å². The van der Waals surface area contributed by atoms with Crippen LogP contribution in [-0.4, -0.2) is 28.0 Å². The van der Waals surface area contributed by atoms with Crippen molar-refractivity contribution in [2.24, 2.45) is 5.84 Å². The normalized spacial score (nSPS) is 12.6. The van der Waals surface area contributed by atoms with Gasteiger partial charge in [0.2, 0.25) is 0 Å². The molecule has 0 aliphatic heterocycles. The Morgan fingerprint density at radius 2 is 1.63 bits per heavy atom. The number of pyridine rings is 1. The van der Waals surface area contributed by atoms with Crippen molar-refractivity contribution in [3.05, 3.63) is 130 Å². The Bertz CT molecular complexity index is 1570. The summed E-state index contributed by atoms with van der Waals surface area (Å²) < 4.78 is 65.2. The number of hydrazine groups is 1. The van der Waals surface area contributed by atoms with E-state index in [1.165, 1.54) is 11.6 Å². The molecule has 41 heavy (non-hydrogen) atoms. The van der Waals surface area contributed by atoms with Crippen LogP contribution in [0.5, 0.6) is 5.75 Å². The molecule has 0 aliphatic carbocycles. The van der Waals surface area contributed by atoms with E-state index in [1.54, 1.807) is 24.3 Å². The lowest BCUT2D eigenvalue weighted by molar-refractivity contribution is -0.203. The third-order valence-corrected chi connectivity index (χ3v) is 6.29. The quantitative estimate of drug-likeness (QED) is 0.0634. The van der Waals surface area contributed by atoms with Gasteiger partial charge in [-0.25, -0.2) is 14.6 Å². The van der Waals surface area contributed by atoms with Gasteiger partial charge in [0.25, 0.3) is 0 Å². The molecule has 0 saturated carbocycles. The number of halogens is 4. The van der Waals surface area contributed by atoms with Crippen molar-refractivity contribution in [3.63, 3.8) is 0 Å². The second-order valence-electron chi connectivity index (χ2n) is 9.34. The number of nitrogens with one attached hydrogen (secondary N) is 1. The fraction of sp³-hybridized carbons (Fsp3) is 0.161. The number of aliphatic hydroxyl groups is 1. The molecule has 4 aromatic rings. The van der Waals surface area contributed by atoms with Crippen molar-refractivity contribution < 1.29 is 27.4 Å². The number of alkyl halides is 2. The molecule has 4 rings (SSSR count). The first-order valence-corrected chi connectivity index (χ1v) is 12.4. The average Bonchev–Trinajstić information content (AvgIpc) is 2.96. The average molecular weight is 563 g/mol. The maximum atomic E-state index is 15.7. The first-order chi connectivity index (χ1) is 19.5. The standard InChI is InChI=1S/C31H26F4N4O2/c1-21-2-4-24(5-3-21)18-41-26-12-8-22(9-13-26)6-7-23-10-15-29(38-17-23)31(34,35)30(40,19-39(37)20-36)27-14-11-25(32)16-28(27)33/h2-5,8-17,20,36,40H,18-19,37H2,1H3. The van der Waals surface area contributed by atoms with Crippen molar-refractivity contribution >= 4 is 6.34 Å². The van der Waals surface area contributed by atoms with E-state index in [-0.39, 0.29) is 0 Å². The number of rotatable bonds is 9. The summed E-state index contributed by atoms with van der Waals surface area (Å²) in [6.45, 7) is 1.35. The topological polar surface area (TPSA) is 95.5 Å². The van der Waals surface area contributed by atoms with Crippen LogP contribution in [0.25, 0.3) is 0 Å². The smallest absolute Gasteiger partial charge is 0.323 e. The summed E-state index contributed by atoms with van der Waals surface area (Å²) >= 11 is 0. The number of nitrogens with zero attached hydrogens (tertiary/aromatic N) is 2. The molecule has 1 unspecified atom stereocenters. The van der Waals surface area contributed by atoms with Crippen LogP contribution in [-0.2, 0) is 18.1 Å². The summed E-state index contributed by atoms with van der Waals surface area (Å²) in [4.78, 5) is 3.76. The lowest BCUT2D eigenvalue weighted by Crippen LogP contribution is -2.53. The van der Waals surface area contributed by atoms with E-state index in [2.05, 4.69) is 16.8 Å². The number of benzene rings is 3. The lowest BCUT2D eigenvalue weighted by atomic mass is 9.84. The van der Waals surface area contributed by atoms with E-state index in [4.69, 9.17) is 16.0 Å². The van der Waals surface area contributed by atoms with Crippen molar-refractivity contribution in [1.82, 2.24) is 9.99 Å². The second kappa shape index (κ2) is 12.2. The zero-order valence-electron chi connectivity index (χ0n) is 21.9. The summed E-state index contributed by atoms with van der Waals surface area (Å²) in [7, 11) is 0. The van der Waals surface area contributed by atoms with Crippen LogP contribution in [0.4, 0.5) is 17.6 Å². The molecule has 6 nitrogen and oxygen atoms in total. The van der Waals surface area contributed by atoms with E-state index in [0.29, 0.717) is 47.0 Å². The molecular weight excluding hydrogens is 536 g/mol. The highest BCUT2D eigenvalue weighted by Crippen LogP contribution is 2.45. The van der Waals surface area contributed by atoms with Gasteiger partial charge in [0, 0.05) is 29.0 Å². The van der Waals surface area contributed by atoms with Crippen LogP contribution < -0.4 is 10.6 Å². The molecule has 1 heterocycles. The van der Waals surface area contributed by atoms with Crippen molar-refractivity contribution in [3.8, 4) is 17.6 Å². The minimum absolute atomic E-state index is 0.306. The van der Waals surface area contributed by atoms with Crippen LogP contribution in [0.1, 0.15) is 33.5 Å². The molecule has 3 aromatic carbocycles. The summed E-state index contributed by atoms with van der Waals surface area (Å²) in [5.41, 5.74) is -1.93. The number of aryl methyl sites for hydroxylation is 1. The molecule has 210 valence electrons. The van der Waals surface area contributed by atoms with Crippen LogP contribution >= 0.6 is 0 Å². The van der Waals surface area contributed by atoms with E-state index >= 15 is 8.78 Å². The molecule has 1 atom stereocenters. The molecular formula is C31H26F4N4O2. The van der Waals surface area contributed by atoms with Gasteiger partial charge in [-0.15, -0.1) is 0 Å². The number of nitrogens with two attached hydrogens (primary N) is 1. The minimum atomic E-state index is -4.20.